The van der Waals surface area contributed by atoms with Crippen LogP contribution in [-0.4, -0.2) is 142 Å². The molecule has 0 fully saturated rings. The number of carbonyl (C=O) groups is 8. The number of hydrogen-bond acceptors (Lipinski definition) is 14. The van der Waals surface area contributed by atoms with Gasteiger partial charge in [0.2, 0.25) is 0 Å². The Morgan fingerprint density at radius 2 is 0.688 bits per heavy atom. The number of methoxy groups -OCH3 is 2. The number of hydrogen-bond donors (Lipinski definition) is 0. The van der Waals surface area contributed by atoms with Crippen molar-refractivity contribution in [2.75, 3.05) is 40.6 Å². The van der Waals surface area contributed by atoms with Crippen molar-refractivity contribution in [1.29, 1.82) is 0 Å². The Hall–Kier alpha value is -10.4. The molecular weight excluding hydrogens is 1600 g/mol. The monoisotopic (exact) mass is 1670 g/mol. The molecule has 0 saturated heterocycles. The van der Waals surface area contributed by atoms with E-state index in [1.54, 1.807) is 69.1 Å². The van der Waals surface area contributed by atoms with E-state index in [1.165, 1.54) is 19.6 Å². The molecule has 21 heteroatoms. The molecule has 18 nitrogen and oxygen atoms in total. The van der Waals surface area contributed by atoms with E-state index in [9.17, 15) is 24.0 Å². The topological polar surface area (TPSA) is 212 Å². The molecule has 0 aliphatic carbocycles. The van der Waals surface area contributed by atoms with Gasteiger partial charge in [0.15, 0.2) is 0 Å². The molecule has 0 N–H and O–H groups in total. The van der Waals surface area contributed by atoms with Gasteiger partial charge in [-0.25, -0.2) is 0 Å². The Labute approximate surface area is 645 Å². The van der Waals surface area contributed by atoms with Crippen molar-refractivity contribution in [3.05, 3.63) is 176 Å². The van der Waals surface area contributed by atoms with Gasteiger partial charge in [0.1, 0.15) is 24.7 Å². The summed E-state index contributed by atoms with van der Waals surface area (Å²) >= 11 is -0.472. The fourth-order valence-corrected chi connectivity index (χ4v) is 17.3. The predicted octanol–water partition coefficient (Wildman–Crippen LogP) is 17.6. The van der Waals surface area contributed by atoms with E-state index in [1.807, 2.05) is 110 Å². The minimum absolute atomic E-state index is 0.116. The molecule has 0 saturated carbocycles. The first-order chi connectivity index (χ1) is 53.0. The Bertz CT molecular complexity index is 5980. The first kappa shape index (κ1) is 74.0. The second-order valence-electron chi connectivity index (χ2n) is 27.8. The summed E-state index contributed by atoms with van der Waals surface area (Å²) in [5, 5.41) is 9.81. The molecule has 0 unspecified atom stereocenters. The van der Waals surface area contributed by atoms with Gasteiger partial charge in [-0.3, -0.25) is 67.9 Å². The summed E-state index contributed by atoms with van der Waals surface area (Å²) in [5.74, 6) is 11.0. The average molecular weight is 1680 g/mol. The number of halogens is 2. The number of rotatable bonds is 21. The van der Waals surface area contributed by atoms with Crippen LogP contribution in [-0.2, 0) is 26.0 Å². The summed E-state index contributed by atoms with van der Waals surface area (Å²) in [6, 6.07) is 27.7. The first-order valence-electron chi connectivity index (χ1n) is 37.1. The molecule has 6 heterocycles. The van der Waals surface area contributed by atoms with Gasteiger partial charge in [0, 0.05) is 149 Å². The fraction of sp³-hybridized carbons (Fsp3) is 0.295. The molecule has 16 rings (SSSR count). The number of fused-ring (bicyclic) bond motifs is 4. The molecule has 4 aliphatic rings. The maximum atomic E-state index is 15.2. The van der Waals surface area contributed by atoms with Gasteiger partial charge in [0.05, 0.1) is 41.3 Å². The third kappa shape index (κ3) is 11.6. The Balaban J connectivity index is 0.00000310. The van der Waals surface area contributed by atoms with E-state index in [0.29, 0.717) is 216 Å². The van der Waals surface area contributed by atoms with Crippen LogP contribution >= 0.6 is 18.8 Å². The van der Waals surface area contributed by atoms with Crippen LogP contribution in [0.15, 0.2) is 109 Å². The van der Waals surface area contributed by atoms with Gasteiger partial charge < -0.3 is 18.9 Å². The summed E-state index contributed by atoms with van der Waals surface area (Å²) in [6.45, 7) is 16.4. The van der Waals surface area contributed by atoms with Crippen molar-refractivity contribution < 1.29 is 73.8 Å². The van der Waals surface area contributed by atoms with Crippen LogP contribution in [0.4, 0.5) is 0 Å². The van der Waals surface area contributed by atoms with Crippen molar-refractivity contribution in [2.45, 2.75) is 131 Å². The Morgan fingerprint density at radius 3 is 1.09 bits per heavy atom. The number of carbonyl (C=O) groups excluding carboxylic acids is 8. The minimum atomic E-state index is -0.472. The van der Waals surface area contributed by atoms with Gasteiger partial charge in [0.25, 0.3) is 47.3 Å². The third-order valence-electron chi connectivity index (χ3n) is 22.5. The number of aromatic nitrogens is 2. The molecule has 2 aromatic heterocycles. The van der Waals surface area contributed by atoms with Gasteiger partial charge in [-0.05, 0) is 162 Å². The molecule has 554 valence electrons. The van der Waals surface area contributed by atoms with Crippen molar-refractivity contribution in [1.82, 2.24) is 29.6 Å². The zero-order valence-electron chi connectivity index (χ0n) is 61.8. The molecule has 0 atom stereocenters. The Kier molecular flexibility index (Phi) is 20.3. The predicted molar refractivity (Wildman–Crippen MR) is 421 cm³/mol. The second-order valence-corrected chi connectivity index (χ2v) is 31.1. The van der Waals surface area contributed by atoms with E-state index in [-0.39, 0.29) is 79.5 Å². The normalized spacial score (nSPS) is 14.2. The average Bonchev–Trinajstić information content (AvgIpc) is 0.685. The molecule has 0 spiro atoms. The first-order valence-corrected chi connectivity index (χ1v) is 42.7. The number of amides is 8. The number of ether oxygens (including phenoxy) is 4. The van der Waals surface area contributed by atoms with Gasteiger partial charge in [-0.1, -0.05) is 103 Å². The molecule has 109 heavy (non-hydrogen) atoms. The van der Waals surface area contributed by atoms with E-state index >= 15 is 14.4 Å². The van der Waals surface area contributed by atoms with Crippen molar-refractivity contribution >= 4 is 152 Å². The molecule has 0 bridgehead atoms. The number of imide groups is 4. The summed E-state index contributed by atoms with van der Waals surface area (Å²) < 4.78 is 24.0. The summed E-state index contributed by atoms with van der Waals surface area (Å²) in [6.07, 6.45) is 7.81. The van der Waals surface area contributed by atoms with Crippen LogP contribution in [0.3, 0.4) is 0 Å². The zero-order chi connectivity index (χ0) is 76.7. The van der Waals surface area contributed by atoms with Crippen LogP contribution in [0, 0.1) is 23.7 Å². The molecule has 0 radical (unpaired) electrons. The van der Waals surface area contributed by atoms with Crippen molar-refractivity contribution in [3.63, 3.8) is 0 Å². The number of nitrogens with zero attached hydrogens (tertiary/aromatic N) is 6. The van der Waals surface area contributed by atoms with Gasteiger partial charge in [-0.15, -0.1) is 0 Å². The second kappa shape index (κ2) is 29.9. The third-order valence-corrected chi connectivity index (χ3v) is 22.5. The molecule has 4 aliphatic heterocycles. The van der Waals surface area contributed by atoms with Crippen LogP contribution in [0.25, 0.3) is 97.6 Å². The van der Waals surface area contributed by atoms with E-state index in [0.717, 1.165) is 0 Å². The molecule has 8 amide bonds. The van der Waals surface area contributed by atoms with Crippen molar-refractivity contribution in [2.24, 2.45) is 0 Å². The SMILES string of the molecule is CCC(CC)N1C(=O)c2ccc3c4cc(OCCOC)c5c6c(cc(C#Cc7ccc(-c8ccc(C#Cc9cc%10c%11c(cc(OCCOC)c%12c%13ccc%14c%15c(ccc(c9c%11%12)c%15%13)C(=O)N(C(CC)CC)C%14=O)C(=O)N(C(CC)CC)C%10=O)cn8)nc7)c(c7ccc(c2c37)C1=O)c64)C(=O)N(C(CC)CC)C5=O.[Cl][Pt][Cl]. The van der Waals surface area contributed by atoms with E-state index in [2.05, 4.69) is 23.7 Å². The standard InChI is InChI=1S/C88H76N6O12.2ClH.Pt/c1-11-49(12-2)91-81(95)57-29-25-53-61-41-68(106-38-36-104-10)79-78-63(86(100)94(88(79)102)52(17-7)18-8)40-47(69(77(61)78)54-26-30-58(82(91)96)73(57)71(53)54)23-19-45-21-33-65(89-43-45)66-34-22-46(44-90-66)20-24-48-39-62-75-64(87(101)93(85(62)99)51(15-5)16-6)42-67(105-37-35-103-9)76-56-28-32-60-74-59(31-27-55(72(56)74)70(48)80(75)76)83(97)92(84(60)98)50(13-3)14-4;;;/h21-22,25-34,39-44,49-52H,11-18,35-38H2,1-10H3;2*1H;/q;;;+2/p-2. The van der Waals surface area contributed by atoms with E-state index < -0.39 is 46.2 Å². The van der Waals surface area contributed by atoms with E-state index in [4.69, 9.17) is 47.8 Å². The number of pyridine rings is 2. The van der Waals surface area contributed by atoms with Crippen LogP contribution in [0.5, 0.6) is 11.5 Å². The van der Waals surface area contributed by atoms with Crippen molar-refractivity contribution in [3.8, 4) is 46.6 Å². The summed E-state index contributed by atoms with van der Waals surface area (Å²) in [5.41, 5.74) is 5.90. The quantitative estimate of drug-likeness (QED) is 0.0215. The Morgan fingerprint density at radius 1 is 0.339 bits per heavy atom. The summed E-state index contributed by atoms with van der Waals surface area (Å²) in [4.78, 5) is 134. The van der Waals surface area contributed by atoms with Gasteiger partial charge in [-0.2, -0.15) is 0 Å². The molecule has 10 aromatic carbocycles. The van der Waals surface area contributed by atoms with Gasteiger partial charge >= 0.3 is 35.3 Å². The van der Waals surface area contributed by atoms with Crippen LogP contribution in [0.1, 0.15) is 212 Å². The van der Waals surface area contributed by atoms with Crippen LogP contribution in [0.2, 0.25) is 0 Å². The van der Waals surface area contributed by atoms with Crippen LogP contribution < -0.4 is 9.47 Å². The molecule has 12 aromatic rings. The maximum absolute atomic E-state index is 15.2. The summed E-state index contributed by atoms with van der Waals surface area (Å²) in [7, 11) is 12.9. The number of benzene rings is 10. The zero-order valence-corrected chi connectivity index (χ0v) is 65.6. The fourth-order valence-electron chi connectivity index (χ4n) is 17.3. The molecular formula is C88H76Cl2N6O12Pt.